The Morgan fingerprint density at radius 3 is 2.70 bits per heavy atom. The fourth-order valence-corrected chi connectivity index (χ4v) is 4.24. The number of hydrogen-bond donors (Lipinski definition) is 1. The molecule has 7 nitrogen and oxygen atoms in total. The maximum Gasteiger partial charge on any atom is 0.221 e. The van der Waals surface area contributed by atoms with E-state index in [2.05, 4.69) is 0 Å². The molecule has 1 aromatic rings. The fourth-order valence-electron chi connectivity index (χ4n) is 3.17. The molecule has 1 aliphatic carbocycles. The van der Waals surface area contributed by atoms with Gasteiger partial charge in [0.05, 0.1) is 9.87 Å². The van der Waals surface area contributed by atoms with Crippen LogP contribution < -0.4 is 10.2 Å². The molecular weight excluding hydrogens is 443 g/mol. The van der Waals surface area contributed by atoms with Gasteiger partial charge in [-0.05, 0) is 56.1 Å². The van der Waals surface area contributed by atoms with Crippen molar-refractivity contribution in [2.75, 3.05) is 62.2 Å². The first-order chi connectivity index (χ1) is 23.2. The molecule has 1 aromatic carbocycles. The molecule has 0 radical (unpaired) electrons. The fraction of sp³-hybridized carbons (Fsp3) is 0.708. The predicted octanol–water partition coefficient (Wildman–Crippen LogP) is 3.53. The first-order valence-corrected chi connectivity index (χ1v) is 11.8. The van der Waals surface area contributed by atoms with Crippen LogP contribution in [0.3, 0.4) is 0 Å². The minimum absolute atomic E-state index is 0.00566. The highest BCUT2D eigenvalue weighted by molar-refractivity contribution is 7.89. The van der Waals surface area contributed by atoms with Crippen LogP contribution in [-0.4, -0.2) is 75.5 Å². The van der Waals surface area contributed by atoms with Gasteiger partial charge < -0.3 is 10.2 Å². The molecule has 0 bridgehead atoms. The molecule has 9 heteroatoms. The highest BCUT2D eigenvalue weighted by atomic mass is 32.2. The summed E-state index contributed by atoms with van der Waals surface area (Å²) in [4.78, 5) is 14.7. The summed E-state index contributed by atoms with van der Waals surface area (Å²) in [5.74, 6) is -8.24. The number of nitrogens with zero attached hydrogens (tertiary/aromatic N) is 3. The average Bonchev–Trinajstić information content (AvgIpc) is 3.00. The second-order valence-corrected chi connectivity index (χ2v) is 9.19. The molecule has 2 fully saturated rings. The highest BCUT2D eigenvalue weighted by Gasteiger charge is 2.25. The zero-order valence-corrected chi connectivity index (χ0v) is 18.9. The summed E-state index contributed by atoms with van der Waals surface area (Å²) in [5.41, 5.74) is -0.936. The number of anilines is 2. The Morgan fingerprint density at radius 2 is 2.03 bits per heavy atom. The third kappa shape index (κ3) is 8.22. The molecule has 1 saturated carbocycles. The molecule has 1 unspecified atom stereocenters. The highest BCUT2D eigenvalue weighted by Crippen LogP contribution is 2.26. The molecule has 1 heterocycles. The molecule has 2 aliphatic rings. The number of benzene rings is 1. The van der Waals surface area contributed by atoms with Crippen molar-refractivity contribution in [3.8, 4) is 0 Å². The van der Waals surface area contributed by atoms with Crippen molar-refractivity contribution in [2.45, 2.75) is 51.6 Å². The van der Waals surface area contributed by atoms with Gasteiger partial charge in [-0.25, -0.2) is 17.1 Å². The first kappa shape index (κ1) is 10.5. The zero-order chi connectivity index (χ0) is 40.6. The zero-order valence-electron chi connectivity index (χ0n) is 37.0. The summed E-state index contributed by atoms with van der Waals surface area (Å²) in [7, 11) is -5.46. The molecule has 0 spiro atoms. The number of hydrogen-bond acceptors (Lipinski definition) is 5. The minimum Gasteiger partial charge on any atom is -0.369 e. The second kappa shape index (κ2) is 12.1. The van der Waals surface area contributed by atoms with Crippen LogP contribution in [0.15, 0.2) is 18.1 Å². The smallest absolute Gasteiger partial charge is 0.221 e. The van der Waals surface area contributed by atoms with E-state index in [9.17, 15) is 17.6 Å². The first-order valence-electron chi connectivity index (χ1n) is 19.7. The van der Waals surface area contributed by atoms with Crippen LogP contribution in [0.4, 0.5) is 15.8 Å². The predicted molar refractivity (Wildman–Crippen MR) is 132 cm³/mol. The summed E-state index contributed by atoms with van der Waals surface area (Å²) in [6.45, 7) is -4.38. The van der Waals surface area contributed by atoms with Crippen molar-refractivity contribution in [3.05, 3.63) is 23.9 Å². The van der Waals surface area contributed by atoms with Crippen molar-refractivity contribution >= 4 is 27.3 Å². The Kier molecular flexibility index (Phi) is 3.86. The monoisotopic (exact) mass is 501 g/mol. The SMILES string of the molecule is [2H]c1c(F)c([2H])c(N([2H])C(C)=O)c([2H])c1N1CCN(C([2H])CCCN(C([2H])([2H])[2H])S(=O)(=O)CC2([2H])C([2H])([2H])C([2H])([2H])C([2H])([2H])C([2H])([2H])C2([2H])[2H])CC1. The molecule has 33 heavy (non-hydrogen) atoms. The topological polar surface area (TPSA) is 73.0 Å². The number of sulfonamides is 1. The molecule has 3 rings (SSSR count). The number of nitrogens with one attached hydrogen (secondary N) is 1. The normalized spacial score (nSPS) is 36.9. The lowest BCUT2D eigenvalue weighted by molar-refractivity contribution is -0.114. The Bertz CT molecular complexity index is 1620. The van der Waals surface area contributed by atoms with Gasteiger partial charge in [0, 0.05) is 78.6 Å². The number of piperazine rings is 1. The number of carbonyl (C=O) groups is 1. The van der Waals surface area contributed by atoms with Gasteiger partial charge in [-0.15, -0.1) is 0 Å². The molecular formula is C24H39FN4O3S. The van der Waals surface area contributed by atoms with Gasteiger partial charge in [-0.2, -0.15) is 0 Å². The van der Waals surface area contributed by atoms with Gasteiger partial charge in [0.25, 0.3) is 0 Å². The summed E-state index contributed by atoms with van der Waals surface area (Å²) in [6.07, 6.45) is -20.4. The Labute approximate surface area is 225 Å². The standard InChI is InChI=1S/C24H39FN4O3S/c1-20(30)26-23-16-22(25)17-24(18-23)29-14-12-28(13-15-29)11-7-6-10-27(2)33(31,32)19-21-8-4-3-5-9-21/h16-18,21H,3-15,19H2,1-2H3,(H,26,30)/i2D3,3D2,4D2,5D2,8D2,9D2,11D,16D,17D,18D,21D/hD. The van der Waals surface area contributed by atoms with E-state index < -0.39 is 109 Å². The van der Waals surface area contributed by atoms with E-state index in [4.69, 9.17) is 26.1 Å². The Balaban J connectivity index is 1.79. The lowest BCUT2D eigenvalue weighted by atomic mass is 9.91. The summed E-state index contributed by atoms with van der Waals surface area (Å²) in [6, 6.07) is -2.37. The van der Waals surface area contributed by atoms with E-state index in [0.29, 0.717) is 0 Å². The van der Waals surface area contributed by atoms with Gasteiger partial charge in [0.15, 0.2) is 1.41 Å². The van der Waals surface area contributed by atoms with Crippen molar-refractivity contribution < 1.29 is 43.7 Å². The summed E-state index contributed by atoms with van der Waals surface area (Å²) in [5, 5.41) is 0.177. The van der Waals surface area contributed by atoms with E-state index in [1.165, 1.54) is 4.90 Å². The quantitative estimate of drug-likeness (QED) is 0.531. The van der Waals surface area contributed by atoms with Crippen LogP contribution in [0.2, 0.25) is 1.41 Å². The van der Waals surface area contributed by atoms with E-state index in [1.54, 1.807) is 4.90 Å². The molecule has 1 aliphatic heterocycles. The van der Waals surface area contributed by atoms with Crippen molar-refractivity contribution in [1.29, 1.82) is 0 Å². The third-order valence-electron chi connectivity index (χ3n) is 4.76. The lowest BCUT2D eigenvalue weighted by Gasteiger charge is -2.36. The van der Waals surface area contributed by atoms with Crippen LogP contribution in [-0.2, 0) is 14.8 Å². The van der Waals surface area contributed by atoms with E-state index in [0.717, 1.165) is 6.92 Å². The van der Waals surface area contributed by atoms with E-state index >= 15 is 0 Å². The summed E-state index contributed by atoms with van der Waals surface area (Å²) < 4.78 is 196. The van der Waals surface area contributed by atoms with Crippen molar-refractivity contribution in [3.63, 3.8) is 0 Å². The van der Waals surface area contributed by atoms with Crippen LogP contribution >= 0.6 is 0 Å². The molecule has 186 valence electrons. The largest absolute Gasteiger partial charge is 0.369 e. The van der Waals surface area contributed by atoms with E-state index in [-0.39, 0.29) is 54.3 Å². The van der Waals surface area contributed by atoms with Gasteiger partial charge >= 0.3 is 0 Å². The molecule has 1 N–H and O–H groups in total. The molecule has 1 atom stereocenters. The van der Waals surface area contributed by atoms with Crippen molar-refractivity contribution in [1.82, 2.24) is 9.21 Å². The Morgan fingerprint density at radius 1 is 1.30 bits per heavy atom. The minimum atomic E-state index is -5.46. The number of carbonyl (C=O) groups excluding carboxylic acids is 1. The van der Waals surface area contributed by atoms with Crippen LogP contribution in [0, 0.1) is 11.7 Å². The maximum atomic E-state index is 14.8. The number of rotatable bonds is 10. The van der Waals surface area contributed by atoms with Gasteiger partial charge in [-0.3, -0.25) is 9.69 Å². The third-order valence-corrected chi connectivity index (χ3v) is 6.27. The van der Waals surface area contributed by atoms with Crippen LogP contribution in [0.5, 0.6) is 0 Å². The van der Waals surface area contributed by atoms with Gasteiger partial charge in [-0.1, -0.05) is 19.1 Å². The second-order valence-electron chi connectivity index (χ2n) is 7.30. The maximum absolute atomic E-state index is 14.8. The van der Waals surface area contributed by atoms with Gasteiger partial charge in [0.1, 0.15) is 5.82 Å². The van der Waals surface area contributed by atoms with Crippen LogP contribution in [0.1, 0.15) is 76.3 Å². The number of amides is 1. The molecule has 1 saturated heterocycles. The molecule has 1 amide bonds. The average molecular weight is 502 g/mol. The number of halogens is 1. The molecule has 0 aromatic heterocycles. The summed E-state index contributed by atoms with van der Waals surface area (Å²) >= 11 is 0. The van der Waals surface area contributed by atoms with Gasteiger partial charge in [0.2, 0.25) is 15.9 Å². The van der Waals surface area contributed by atoms with Crippen molar-refractivity contribution in [2.24, 2.45) is 5.89 Å². The lowest BCUT2D eigenvalue weighted by Crippen LogP contribution is -2.46. The van der Waals surface area contributed by atoms with E-state index in [1.807, 2.05) is 0 Å². The van der Waals surface area contributed by atoms with Crippen LogP contribution in [0.25, 0.3) is 0 Å². The Hall–Kier alpha value is -1.71.